The number of nitrogens with one attached hydrogen (secondary N) is 2. The number of carbonyl (C=O) groups excluding carboxylic acids is 4. The molecule has 0 saturated carbocycles. The number of alkyl halides is 5. The molecule has 6 aromatic rings. The van der Waals surface area contributed by atoms with E-state index >= 15 is 0 Å². The highest BCUT2D eigenvalue weighted by atomic mass is 35.5. The number of hydrogen-bond acceptors (Lipinski definition) is 8. The van der Waals surface area contributed by atoms with Crippen LogP contribution in [-0.2, 0) is 27.6 Å². The third-order valence-electron chi connectivity index (χ3n) is 9.38. The van der Waals surface area contributed by atoms with Gasteiger partial charge in [0.15, 0.2) is 17.3 Å². The van der Waals surface area contributed by atoms with Gasteiger partial charge in [0.2, 0.25) is 0 Å². The summed E-state index contributed by atoms with van der Waals surface area (Å²) < 4.78 is 77.2. The highest BCUT2D eigenvalue weighted by Gasteiger charge is 2.37. The second-order valence-corrected chi connectivity index (χ2v) is 22.4. The molecule has 4 heterocycles. The van der Waals surface area contributed by atoms with Gasteiger partial charge >= 0.3 is 6.18 Å². The van der Waals surface area contributed by atoms with Crippen LogP contribution in [0.5, 0.6) is 0 Å². The lowest BCUT2D eigenvalue weighted by Gasteiger charge is -2.17. The normalized spacial score (nSPS) is 11.6. The second kappa shape index (κ2) is 24.7. The molecule has 0 fully saturated rings. The molecule has 0 aliphatic heterocycles. The lowest BCUT2D eigenvalue weighted by molar-refractivity contribution is -0.141. The van der Waals surface area contributed by atoms with Gasteiger partial charge in [-0.25, -0.2) is 28.1 Å². The Morgan fingerprint density at radius 2 is 1.08 bits per heavy atom. The van der Waals surface area contributed by atoms with Gasteiger partial charge in [-0.3, -0.25) is 19.2 Å². The topological polar surface area (TPSA) is 178 Å². The smallest absolute Gasteiger partial charge is 0.319 e. The molecule has 0 aliphatic carbocycles. The maximum absolute atomic E-state index is 13.5. The summed E-state index contributed by atoms with van der Waals surface area (Å²) >= 11 is 37.0. The van der Waals surface area contributed by atoms with Crippen LogP contribution in [0.25, 0.3) is 11.6 Å². The van der Waals surface area contributed by atoms with Gasteiger partial charge < -0.3 is 10.6 Å². The van der Waals surface area contributed by atoms with E-state index in [0.717, 1.165) is 10.7 Å². The Morgan fingerprint density at radius 1 is 0.648 bits per heavy atom. The van der Waals surface area contributed by atoms with Crippen LogP contribution in [0.15, 0.2) is 81.8 Å². The molecule has 0 spiro atoms. The summed E-state index contributed by atoms with van der Waals surface area (Å²) in [5.41, 5.74) is -3.18. The number of amides is 4. The van der Waals surface area contributed by atoms with Gasteiger partial charge in [0.05, 0.1) is 42.6 Å². The van der Waals surface area contributed by atoms with Crippen LogP contribution in [0.1, 0.15) is 101 Å². The van der Waals surface area contributed by atoms with Crippen molar-refractivity contribution in [3.8, 4) is 11.6 Å². The summed E-state index contributed by atoms with van der Waals surface area (Å²) in [5.74, 6) is -2.10. The molecule has 0 unspecified atom stereocenters. The van der Waals surface area contributed by atoms with E-state index in [1.54, 1.807) is 6.07 Å². The van der Waals surface area contributed by atoms with Crippen LogP contribution in [0.2, 0.25) is 30.1 Å². The Labute approximate surface area is 438 Å². The number of anilines is 2. The average Bonchev–Trinajstić information content (AvgIpc) is 3.96. The van der Waals surface area contributed by atoms with Crippen LogP contribution >= 0.6 is 69.6 Å². The minimum Gasteiger partial charge on any atom is -0.319 e. The molecular formula is C44H39Cl6F5N10O4S2. The van der Waals surface area contributed by atoms with E-state index in [9.17, 15) is 41.1 Å². The summed E-state index contributed by atoms with van der Waals surface area (Å²) in [6.07, 6.45) is -5.15. The van der Waals surface area contributed by atoms with Gasteiger partial charge in [-0.15, -0.1) is 0 Å². The number of halogens is 11. The Balaban J connectivity index is 0.000000265. The van der Waals surface area contributed by atoms with E-state index in [1.807, 2.05) is 41.5 Å². The van der Waals surface area contributed by atoms with E-state index in [-0.39, 0.29) is 80.5 Å². The van der Waals surface area contributed by atoms with Crippen molar-refractivity contribution in [1.82, 2.24) is 29.5 Å². The first-order valence-electron chi connectivity index (χ1n) is 20.7. The lowest BCUT2D eigenvalue weighted by atomic mass is 10.1. The zero-order valence-corrected chi connectivity index (χ0v) is 43.9. The lowest BCUT2D eigenvalue weighted by Crippen LogP contribution is -2.20. The van der Waals surface area contributed by atoms with Crippen molar-refractivity contribution in [1.29, 1.82) is 0 Å². The molecule has 2 aromatic carbocycles. The Kier molecular flexibility index (Phi) is 19.8. The summed E-state index contributed by atoms with van der Waals surface area (Å²) in [6.45, 7) is 11.5. The highest BCUT2D eigenvalue weighted by molar-refractivity contribution is 7.88. The van der Waals surface area contributed by atoms with Crippen LogP contribution in [-0.4, -0.2) is 75.2 Å². The summed E-state index contributed by atoms with van der Waals surface area (Å²) in [6, 6.07) is 12.6. The molecule has 0 saturated heterocycles. The quantitative estimate of drug-likeness (QED) is 0.107. The van der Waals surface area contributed by atoms with Crippen molar-refractivity contribution in [2.75, 3.05) is 22.1 Å². The molecule has 0 aliphatic rings. The summed E-state index contributed by atoms with van der Waals surface area (Å²) in [7, 11) is -1.17. The van der Waals surface area contributed by atoms with Crippen LogP contribution in [0.3, 0.4) is 0 Å². The average molecular weight is 1140 g/mol. The maximum Gasteiger partial charge on any atom is 0.435 e. The van der Waals surface area contributed by atoms with Gasteiger partial charge in [-0.1, -0.05) is 133 Å². The number of nitrogens with zero attached hydrogens (tertiary/aromatic N) is 8. The Bertz CT molecular complexity index is 3060. The Hall–Kier alpha value is -4.87. The number of benzene rings is 2. The minimum atomic E-state index is -4.86. The van der Waals surface area contributed by atoms with Crippen molar-refractivity contribution in [2.24, 2.45) is 8.73 Å². The zero-order chi connectivity index (χ0) is 52.6. The number of rotatable bonds is 13. The second-order valence-electron chi connectivity index (χ2n) is 14.9. The standard InChI is InChI=1S/C23H21Cl3F3N5O2S.C21H18Cl3F2N5O2S/c1-11(2)37(12(3)4)33-21(35)14-8-13(24)9-16(26)19(14)31-22(36)17-10-18(23(27,28)29)32-34(17)20-15(25)6-5-7-30-20;1-3-34(4-2)30-20(32)12-8-11(22)9-14(24)17(12)28-21(33)16-10-15(18(25)26)29-31(16)19-13(23)6-5-7-27-19/h5-12H,1-4H3,(H,31,36);5-10,18H,3-4H2,1-2H3,(H,28,33). The Morgan fingerprint density at radius 3 is 1.49 bits per heavy atom. The molecule has 4 amide bonds. The molecule has 27 heteroatoms. The molecule has 0 atom stereocenters. The van der Waals surface area contributed by atoms with Gasteiger partial charge in [0.25, 0.3) is 30.1 Å². The summed E-state index contributed by atoms with van der Waals surface area (Å²) in [4.78, 5) is 60.4. The molecular weight excluding hydrogens is 1100 g/mol. The van der Waals surface area contributed by atoms with Crippen molar-refractivity contribution in [2.45, 2.75) is 64.6 Å². The monoisotopic (exact) mass is 1140 g/mol. The van der Waals surface area contributed by atoms with Crippen LogP contribution in [0, 0.1) is 0 Å². The van der Waals surface area contributed by atoms with Crippen molar-refractivity contribution < 1.29 is 41.1 Å². The largest absolute Gasteiger partial charge is 0.435 e. The van der Waals surface area contributed by atoms with Gasteiger partial charge in [-0.05, 0) is 54.6 Å². The third-order valence-corrected chi connectivity index (χ3v) is 15.1. The minimum absolute atomic E-state index is 0.0235. The van der Waals surface area contributed by atoms with Crippen molar-refractivity contribution in [3.05, 3.63) is 137 Å². The van der Waals surface area contributed by atoms with Gasteiger partial charge in [-0.2, -0.15) is 32.1 Å². The predicted octanol–water partition coefficient (Wildman–Crippen LogP) is 13.7. The van der Waals surface area contributed by atoms with E-state index in [4.69, 9.17) is 69.6 Å². The first-order chi connectivity index (χ1) is 33.4. The maximum atomic E-state index is 13.5. The van der Waals surface area contributed by atoms with Crippen LogP contribution in [0.4, 0.5) is 33.3 Å². The number of hydrogen-bond donors (Lipinski definition) is 2. The molecule has 378 valence electrons. The van der Waals surface area contributed by atoms with E-state index in [2.05, 4.69) is 39.5 Å². The molecule has 0 radical (unpaired) electrons. The molecule has 2 N–H and O–H groups in total. The van der Waals surface area contributed by atoms with E-state index in [1.165, 1.54) is 54.9 Å². The van der Waals surface area contributed by atoms with E-state index < -0.39 is 74.7 Å². The van der Waals surface area contributed by atoms with Gasteiger partial charge in [0, 0.05) is 50.5 Å². The molecule has 4 aromatic heterocycles. The van der Waals surface area contributed by atoms with Gasteiger partial charge in [0.1, 0.15) is 17.1 Å². The highest BCUT2D eigenvalue weighted by Crippen LogP contribution is 2.35. The summed E-state index contributed by atoms with van der Waals surface area (Å²) in [5, 5.41) is 12.5. The van der Waals surface area contributed by atoms with E-state index in [0.29, 0.717) is 22.3 Å². The fraction of sp³-hybridized carbons (Fsp3) is 0.273. The fourth-order valence-electron chi connectivity index (χ4n) is 6.23. The first-order valence-corrected chi connectivity index (χ1v) is 25.8. The molecule has 0 bridgehead atoms. The fourth-order valence-corrected chi connectivity index (χ4v) is 10.5. The number of aromatic nitrogens is 6. The zero-order valence-electron chi connectivity index (χ0n) is 37.8. The third kappa shape index (κ3) is 14.2. The molecule has 6 rings (SSSR count). The SMILES string of the molecule is CC(C)S(=NC(=O)c1cc(Cl)cc(Cl)c1NC(=O)c1cc(C(F)(F)F)nn1-c1ncccc1Cl)C(C)C.CCS(CC)=NC(=O)c1cc(Cl)cc(Cl)c1NC(=O)c1cc(C(F)F)nn1-c1ncccc1Cl. The molecule has 14 nitrogen and oxygen atoms in total. The molecule has 71 heavy (non-hydrogen) atoms. The van der Waals surface area contributed by atoms with Crippen molar-refractivity contribution in [3.63, 3.8) is 0 Å². The predicted molar refractivity (Wildman–Crippen MR) is 271 cm³/mol. The number of carbonyl (C=O) groups is 4. The first kappa shape index (κ1) is 57.0. The van der Waals surface area contributed by atoms with Crippen molar-refractivity contribution >= 4 is 126 Å². The van der Waals surface area contributed by atoms with Crippen LogP contribution < -0.4 is 10.6 Å². The number of pyridine rings is 2.